The fourth-order valence-corrected chi connectivity index (χ4v) is 1.21. The predicted octanol–water partition coefficient (Wildman–Crippen LogP) is 2.99. The highest BCUT2D eigenvalue weighted by atomic mass is 19.2. The van der Waals surface area contributed by atoms with Gasteiger partial charge < -0.3 is 18.9 Å². The molecule has 0 atom stereocenters. The van der Waals surface area contributed by atoms with Gasteiger partial charge >= 0.3 is 0 Å². The molecule has 1 aromatic rings. The molecule has 0 aliphatic heterocycles. The van der Waals surface area contributed by atoms with Crippen molar-refractivity contribution in [2.24, 2.45) is 0 Å². The van der Waals surface area contributed by atoms with Gasteiger partial charge in [-0.1, -0.05) is 0 Å². The monoisotopic (exact) mass is 298 g/mol. The minimum absolute atomic E-state index is 0.212. The van der Waals surface area contributed by atoms with Crippen LogP contribution in [0.25, 0.3) is 0 Å². The molecule has 114 valence electrons. The van der Waals surface area contributed by atoms with Crippen LogP contribution < -0.4 is 9.47 Å². The second kappa shape index (κ2) is 7.91. The molecule has 0 bridgehead atoms. The van der Waals surface area contributed by atoms with E-state index in [4.69, 9.17) is 0 Å². The van der Waals surface area contributed by atoms with Crippen LogP contribution in [0, 0.1) is 23.3 Å². The summed E-state index contributed by atoms with van der Waals surface area (Å²) >= 11 is 0. The number of halogens is 4. The Morgan fingerprint density at radius 3 is 1.20 bits per heavy atom. The van der Waals surface area contributed by atoms with Crippen molar-refractivity contribution in [2.45, 2.75) is 13.8 Å². The van der Waals surface area contributed by atoms with Crippen molar-refractivity contribution in [1.29, 1.82) is 0 Å². The Morgan fingerprint density at radius 1 is 0.650 bits per heavy atom. The molecule has 0 spiro atoms. The lowest BCUT2D eigenvalue weighted by molar-refractivity contribution is 0.0110. The zero-order valence-corrected chi connectivity index (χ0v) is 11.0. The number of ether oxygens (including phenoxy) is 4. The van der Waals surface area contributed by atoms with Gasteiger partial charge in [-0.05, 0) is 13.8 Å². The van der Waals surface area contributed by atoms with Crippen LogP contribution in [0.3, 0.4) is 0 Å². The minimum atomic E-state index is -1.70. The lowest BCUT2D eigenvalue weighted by atomic mass is 10.2. The second-order valence-corrected chi connectivity index (χ2v) is 3.42. The molecule has 0 saturated carbocycles. The molecule has 8 heteroatoms. The van der Waals surface area contributed by atoms with Crippen LogP contribution in [0.5, 0.6) is 11.5 Å². The Kier molecular flexibility index (Phi) is 6.53. The highest BCUT2D eigenvalue weighted by Gasteiger charge is 2.28. The van der Waals surface area contributed by atoms with Crippen molar-refractivity contribution in [1.82, 2.24) is 0 Å². The van der Waals surface area contributed by atoms with Crippen molar-refractivity contribution in [3.05, 3.63) is 23.3 Å². The third kappa shape index (κ3) is 3.73. The van der Waals surface area contributed by atoms with Gasteiger partial charge in [0.25, 0.3) is 0 Å². The van der Waals surface area contributed by atoms with Gasteiger partial charge in [-0.15, -0.1) is 0 Å². The summed E-state index contributed by atoms with van der Waals surface area (Å²) in [5.74, 6) is -9.19. The fraction of sp³-hybridized carbons (Fsp3) is 0.500. The molecule has 0 radical (unpaired) electrons. The Hall–Kier alpha value is -1.54. The van der Waals surface area contributed by atoms with Gasteiger partial charge in [0.2, 0.25) is 23.3 Å². The van der Waals surface area contributed by atoms with Gasteiger partial charge in [0, 0.05) is 13.2 Å². The number of benzene rings is 1. The SMILES string of the molecule is CCOCOc1c(F)c(F)c(OCOCC)c(F)c1F. The lowest BCUT2D eigenvalue weighted by Gasteiger charge is -2.13. The highest BCUT2D eigenvalue weighted by Crippen LogP contribution is 2.34. The molecule has 1 aromatic carbocycles. The first-order chi connectivity index (χ1) is 9.54. The van der Waals surface area contributed by atoms with E-state index in [0.717, 1.165) is 0 Å². The summed E-state index contributed by atoms with van der Waals surface area (Å²) in [6, 6.07) is 0. The highest BCUT2D eigenvalue weighted by molar-refractivity contribution is 5.38. The molecule has 0 saturated heterocycles. The standard InChI is InChI=1S/C12H14F4O4/c1-3-17-5-19-11-7(13)9(15)12(10(16)8(11)14)20-6-18-4-2/h3-6H2,1-2H3. The molecule has 0 aliphatic rings. The Balaban J connectivity index is 3.00. The van der Waals surface area contributed by atoms with E-state index in [1.165, 1.54) is 0 Å². The van der Waals surface area contributed by atoms with E-state index in [0.29, 0.717) is 0 Å². The number of hydrogen-bond acceptors (Lipinski definition) is 4. The Labute approximate surface area is 113 Å². The van der Waals surface area contributed by atoms with Crippen LogP contribution in [0.2, 0.25) is 0 Å². The first-order valence-corrected chi connectivity index (χ1v) is 5.81. The molecule has 20 heavy (non-hydrogen) atoms. The third-order valence-corrected chi connectivity index (χ3v) is 2.16. The van der Waals surface area contributed by atoms with Crippen molar-refractivity contribution < 1.29 is 36.5 Å². The van der Waals surface area contributed by atoms with E-state index in [1.54, 1.807) is 13.8 Å². The van der Waals surface area contributed by atoms with Gasteiger partial charge in [0.1, 0.15) is 0 Å². The third-order valence-electron chi connectivity index (χ3n) is 2.16. The molecule has 4 nitrogen and oxygen atoms in total. The molecular weight excluding hydrogens is 284 g/mol. The molecular formula is C12H14F4O4. The maximum atomic E-state index is 13.6. The van der Waals surface area contributed by atoms with Crippen molar-refractivity contribution in [2.75, 3.05) is 26.8 Å². The average Bonchev–Trinajstić information content (AvgIpc) is 2.44. The predicted molar refractivity (Wildman–Crippen MR) is 60.5 cm³/mol. The number of hydrogen-bond donors (Lipinski definition) is 0. The normalized spacial score (nSPS) is 10.7. The molecule has 0 aromatic heterocycles. The van der Waals surface area contributed by atoms with Crippen LogP contribution >= 0.6 is 0 Å². The minimum Gasteiger partial charge on any atom is -0.461 e. The lowest BCUT2D eigenvalue weighted by Crippen LogP contribution is -2.11. The molecule has 0 fully saturated rings. The van der Waals surface area contributed by atoms with E-state index < -0.39 is 48.4 Å². The smallest absolute Gasteiger partial charge is 0.207 e. The van der Waals surface area contributed by atoms with E-state index in [2.05, 4.69) is 18.9 Å². The maximum Gasteiger partial charge on any atom is 0.207 e. The topological polar surface area (TPSA) is 36.9 Å². The Morgan fingerprint density at radius 2 is 0.950 bits per heavy atom. The van der Waals surface area contributed by atoms with Gasteiger partial charge in [-0.3, -0.25) is 0 Å². The summed E-state index contributed by atoms with van der Waals surface area (Å²) < 4.78 is 72.6. The van der Waals surface area contributed by atoms with Crippen LogP contribution in [-0.4, -0.2) is 26.8 Å². The quantitative estimate of drug-likeness (QED) is 0.320. The molecule has 0 heterocycles. The largest absolute Gasteiger partial charge is 0.461 e. The van der Waals surface area contributed by atoms with Crippen LogP contribution in [0.4, 0.5) is 17.6 Å². The van der Waals surface area contributed by atoms with Crippen molar-refractivity contribution >= 4 is 0 Å². The number of rotatable bonds is 8. The maximum absolute atomic E-state index is 13.6. The van der Waals surface area contributed by atoms with E-state index in [1.807, 2.05) is 0 Å². The summed E-state index contributed by atoms with van der Waals surface area (Å²) in [6.45, 7) is 2.57. The van der Waals surface area contributed by atoms with Crippen LogP contribution in [0.1, 0.15) is 13.8 Å². The summed E-state index contributed by atoms with van der Waals surface area (Å²) in [5.41, 5.74) is 0. The summed E-state index contributed by atoms with van der Waals surface area (Å²) in [4.78, 5) is 0. The summed E-state index contributed by atoms with van der Waals surface area (Å²) in [6.07, 6.45) is 0. The van der Waals surface area contributed by atoms with Crippen LogP contribution in [-0.2, 0) is 9.47 Å². The zero-order chi connectivity index (χ0) is 15.1. The van der Waals surface area contributed by atoms with E-state index >= 15 is 0 Å². The fourth-order valence-electron chi connectivity index (χ4n) is 1.21. The van der Waals surface area contributed by atoms with Gasteiger partial charge in [0.05, 0.1) is 0 Å². The van der Waals surface area contributed by atoms with Crippen LogP contribution in [0.15, 0.2) is 0 Å². The average molecular weight is 298 g/mol. The van der Waals surface area contributed by atoms with Gasteiger partial charge in [-0.25, -0.2) is 0 Å². The van der Waals surface area contributed by atoms with Gasteiger partial charge in [0.15, 0.2) is 25.1 Å². The van der Waals surface area contributed by atoms with E-state index in [-0.39, 0.29) is 13.2 Å². The zero-order valence-electron chi connectivity index (χ0n) is 11.0. The second-order valence-electron chi connectivity index (χ2n) is 3.42. The van der Waals surface area contributed by atoms with Crippen molar-refractivity contribution in [3.63, 3.8) is 0 Å². The molecule has 1 rings (SSSR count). The molecule has 0 aliphatic carbocycles. The first kappa shape index (κ1) is 16.5. The molecule has 0 amide bonds. The Bertz CT molecular complexity index is 384. The molecule has 0 N–H and O–H groups in total. The summed E-state index contributed by atoms with van der Waals surface area (Å²) in [7, 11) is 0. The van der Waals surface area contributed by atoms with Crippen molar-refractivity contribution in [3.8, 4) is 11.5 Å². The van der Waals surface area contributed by atoms with E-state index in [9.17, 15) is 17.6 Å². The van der Waals surface area contributed by atoms with Gasteiger partial charge in [-0.2, -0.15) is 17.6 Å². The summed E-state index contributed by atoms with van der Waals surface area (Å²) in [5, 5.41) is 0. The molecule has 0 unspecified atom stereocenters. The first-order valence-electron chi connectivity index (χ1n) is 5.81.